The normalized spacial score (nSPS) is 12.7. The monoisotopic (exact) mass is 834 g/mol. The highest BCUT2D eigenvalue weighted by molar-refractivity contribution is 5.76. The highest BCUT2D eigenvalue weighted by atomic mass is 16.5. The number of aliphatic hydroxyl groups excluding tert-OH is 2. The van der Waals surface area contributed by atoms with Crippen LogP contribution < -0.4 is 5.32 Å². The third-order valence-corrected chi connectivity index (χ3v) is 12.3. The predicted octanol–water partition coefficient (Wildman–Crippen LogP) is 15.7. The fraction of sp³-hybridized carbons (Fsp3) is 0.925. The summed E-state index contributed by atoms with van der Waals surface area (Å²) < 4.78 is 5.42. The number of aliphatic hydroxyl groups is 2. The Morgan fingerprint density at radius 1 is 0.458 bits per heavy atom. The molecule has 3 N–H and O–H groups in total. The SMILES string of the molecule is CCCCCCCCCCCCCCCCCCCCCCC(O)C(CO)NC(=O)CCCCCCC/C=C\CCCCOC(=O)CCCCCCCCCCCCC. The van der Waals surface area contributed by atoms with Gasteiger partial charge in [-0.2, -0.15) is 0 Å². The van der Waals surface area contributed by atoms with E-state index < -0.39 is 12.1 Å². The van der Waals surface area contributed by atoms with Crippen molar-refractivity contribution in [2.45, 2.75) is 302 Å². The minimum absolute atomic E-state index is 0.0309. The van der Waals surface area contributed by atoms with Gasteiger partial charge in [0.1, 0.15) is 0 Å². The average Bonchev–Trinajstić information content (AvgIpc) is 3.24. The van der Waals surface area contributed by atoms with Crippen molar-refractivity contribution in [1.29, 1.82) is 0 Å². The molecule has 6 heteroatoms. The van der Waals surface area contributed by atoms with E-state index in [1.807, 2.05) is 0 Å². The Morgan fingerprint density at radius 2 is 0.797 bits per heavy atom. The number of hydrogen-bond donors (Lipinski definition) is 3. The number of carbonyl (C=O) groups excluding carboxylic acids is 2. The molecule has 0 rings (SSSR count). The number of nitrogens with one attached hydrogen (secondary N) is 1. The summed E-state index contributed by atoms with van der Waals surface area (Å²) in [5, 5.41) is 23.3. The second-order valence-electron chi connectivity index (χ2n) is 18.2. The lowest BCUT2D eigenvalue weighted by atomic mass is 10.0. The minimum Gasteiger partial charge on any atom is -0.466 e. The summed E-state index contributed by atoms with van der Waals surface area (Å²) in [5.41, 5.74) is 0. The van der Waals surface area contributed by atoms with Crippen molar-refractivity contribution in [2.24, 2.45) is 0 Å². The van der Waals surface area contributed by atoms with E-state index in [1.54, 1.807) is 0 Å². The Bertz CT molecular complexity index is 878. The summed E-state index contributed by atoms with van der Waals surface area (Å²) in [7, 11) is 0. The molecule has 0 saturated heterocycles. The van der Waals surface area contributed by atoms with E-state index in [1.165, 1.54) is 180 Å². The lowest BCUT2D eigenvalue weighted by Crippen LogP contribution is -2.45. The Morgan fingerprint density at radius 3 is 1.20 bits per heavy atom. The third kappa shape index (κ3) is 45.9. The predicted molar refractivity (Wildman–Crippen MR) is 255 cm³/mol. The van der Waals surface area contributed by atoms with E-state index in [0.717, 1.165) is 77.0 Å². The maximum atomic E-state index is 12.5. The molecule has 350 valence electrons. The van der Waals surface area contributed by atoms with Crippen LogP contribution in [0, 0.1) is 0 Å². The topological polar surface area (TPSA) is 95.9 Å². The molecule has 0 saturated carbocycles. The number of rotatable bonds is 49. The summed E-state index contributed by atoms with van der Waals surface area (Å²) in [6, 6.07) is -0.561. The molecule has 1 amide bonds. The van der Waals surface area contributed by atoms with Crippen LogP contribution in [0.25, 0.3) is 0 Å². The fourth-order valence-electron chi connectivity index (χ4n) is 8.22. The van der Waals surface area contributed by atoms with Gasteiger partial charge in [-0.15, -0.1) is 0 Å². The molecule has 0 aromatic rings. The Kier molecular flexibility index (Phi) is 48.1. The number of allylic oxidation sites excluding steroid dienone is 2. The molecule has 0 aromatic heterocycles. The Balaban J connectivity index is 3.51. The molecule has 0 radical (unpaired) electrons. The molecule has 2 atom stereocenters. The summed E-state index contributed by atoms with van der Waals surface area (Å²) >= 11 is 0. The number of amides is 1. The third-order valence-electron chi connectivity index (χ3n) is 12.3. The van der Waals surface area contributed by atoms with Crippen LogP contribution in [0.3, 0.4) is 0 Å². The van der Waals surface area contributed by atoms with E-state index in [2.05, 4.69) is 31.3 Å². The number of ether oxygens (including phenoxy) is 1. The smallest absolute Gasteiger partial charge is 0.305 e. The van der Waals surface area contributed by atoms with Crippen molar-refractivity contribution >= 4 is 11.9 Å². The first kappa shape index (κ1) is 57.6. The van der Waals surface area contributed by atoms with Gasteiger partial charge in [0, 0.05) is 12.8 Å². The van der Waals surface area contributed by atoms with Crippen LogP contribution in [-0.4, -0.2) is 47.4 Å². The van der Waals surface area contributed by atoms with Gasteiger partial charge in [-0.25, -0.2) is 0 Å². The van der Waals surface area contributed by atoms with Gasteiger partial charge in [-0.1, -0.05) is 238 Å². The molecular formula is C53H103NO5. The summed E-state index contributed by atoms with van der Waals surface area (Å²) in [6.07, 6.45) is 56.2. The number of unbranched alkanes of at least 4 members (excludes halogenated alkanes) is 36. The molecule has 59 heavy (non-hydrogen) atoms. The van der Waals surface area contributed by atoms with Crippen molar-refractivity contribution in [3.63, 3.8) is 0 Å². The first-order valence-corrected chi connectivity index (χ1v) is 26.4. The second-order valence-corrected chi connectivity index (χ2v) is 18.2. The van der Waals surface area contributed by atoms with Crippen molar-refractivity contribution in [3.8, 4) is 0 Å². The van der Waals surface area contributed by atoms with E-state index in [0.29, 0.717) is 25.9 Å². The number of hydrogen-bond acceptors (Lipinski definition) is 5. The van der Waals surface area contributed by atoms with Gasteiger partial charge in [0.15, 0.2) is 0 Å². The lowest BCUT2D eigenvalue weighted by molar-refractivity contribution is -0.143. The van der Waals surface area contributed by atoms with E-state index in [4.69, 9.17) is 4.74 Å². The minimum atomic E-state index is -0.681. The molecular weight excluding hydrogens is 731 g/mol. The van der Waals surface area contributed by atoms with Gasteiger partial charge in [0.25, 0.3) is 0 Å². The van der Waals surface area contributed by atoms with Crippen LogP contribution in [-0.2, 0) is 14.3 Å². The Labute approximate surface area is 368 Å². The molecule has 0 fully saturated rings. The van der Waals surface area contributed by atoms with Crippen LogP contribution in [0.4, 0.5) is 0 Å². The fourth-order valence-corrected chi connectivity index (χ4v) is 8.22. The summed E-state index contributed by atoms with van der Waals surface area (Å²) in [4.78, 5) is 24.4. The first-order valence-electron chi connectivity index (χ1n) is 26.4. The number of carbonyl (C=O) groups is 2. The molecule has 0 aliphatic carbocycles. The highest BCUT2D eigenvalue weighted by Gasteiger charge is 2.20. The largest absolute Gasteiger partial charge is 0.466 e. The molecule has 0 bridgehead atoms. The van der Waals surface area contributed by atoms with Gasteiger partial charge in [-0.3, -0.25) is 9.59 Å². The molecule has 0 aliphatic rings. The van der Waals surface area contributed by atoms with Gasteiger partial charge < -0.3 is 20.3 Å². The molecule has 0 aromatic carbocycles. The van der Waals surface area contributed by atoms with Gasteiger partial charge in [0.05, 0.1) is 25.4 Å². The van der Waals surface area contributed by atoms with E-state index in [-0.39, 0.29) is 18.5 Å². The maximum absolute atomic E-state index is 12.5. The summed E-state index contributed by atoms with van der Waals surface area (Å²) in [6.45, 7) is 4.88. The quantitative estimate of drug-likeness (QED) is 0.0322. The zero-order valence-corrected chi connectivity index (χ0v) is 39.7. The second kappa shape index (κ2) is 49.3. The average molecular weight is 834 g/mol. The lowest BCUT2D eigenvalue weighted by Gasteiger charge is -2.22. The van der Waals surface area contributed by atoms with Crippen molar-refractivity contribution in [3.05, 3.63) is 12.2 Å². The highest BCUT2D eigenvalue weighted by Crippen LogP contribution is 2.17. The van der Waals surface area contributed by atoms with Crippen LogP contribution in [0.1, 0.15) is 290 Å². The molecule has 6 nitrogen and oxygen atoms in total. The molecule has 0 aliphatic heterocycles. The van der Waals surface area contributed by atoms with Crippen molar-refractivity contribution in [2.75, 3.05) is 13.2 Å². The van der Waals surface area contributed by atoms with Gasteiger partial charge in [0.2, 0.25) is 5.91 Å². The van der Waals surface area contributed by atoms with Crippen LogP contribution >= 0.6 is 0 Å². The zero-order valence-electron chi connectivity index (χ0n) is 39.7. The van der Waals surface area contributed by atoms with Crippen LogP contribution in [0.5, 0.6) is 0 Å². The summed E-state index contributed by atoms with van der Waals surface area (Å²) in [5.74, 6) is -0.0923. The maximum Gasteiger partial charge on any atom is 0.305 e. The van der Waals surface area contributed by atoms with Crippen molar-refractivity contribution < 1.29 is 24.5 Å². The standard InChI is InChI=1S/C53H103NO5/c1-3-5-7-9-11-13-15-16-17-18-19-20-21-22-23-26-29-33-37-41-45-51(56)50(49-55)54-52(57)46-42-38-34-30-27-24-28-32-36-40-44-48-59-53(58)47-43-39-35-31-25-14-12-10-8-6-4-2/h28,32,50-51,55-56H,3-27,29-31,33-49H2,1-2H3,(H,54,57)/b32-28-. The Hall–Kier alpha value is -1.40. The van der Waals surface area contributed by atoms with Crippen LogP contribution in [0.2, 0.25) is 0 Å². The number of esters is 1. The van der Waals surface area contributed by atoms with E-state index in [9.17, 15) is 19.8 Å². The van der Waals surface area contributed by atoms with Gasteiger partial charge in [-0.05, 0) is 51.4 Å². The van der Waals surface area contributed by atoms with Gasteiger partial charge >= 0.3 is 5.97 Å². The van der Waals surface area contributed by atoms with Crippen molar-refractivity contribution in [1.82, 2.24) is 5.32 Å². The van der Waals surface area contributed by atoms with E-state index >= 15 is 0 Å². The molecule has 0 spiro atoms. The first-order chi connectivity index (χ1) is 29.0. The molecule has 2 unspecified atom stereocenters. The zero-order chi connectivity index (χ0) is 43.0. The van der Waals surface area contributed by atoms with Crippen LogP contribution in [0.15, 0.2) is 12.2 Å². The molecule has 0 heterocycles.